The summed E-state index contributed by atoms with van der Waals surface area (Å²) in [5, 5.41) is 0. The summed E-state index contributed by atoms with van der Waals surface area (Å²) in [6.07, 6.45) is 1.23. The Morgan fingerprint density at radius 1 is 1.04 bits per heavy atom. The summed E-state index contributed by atoms with van der Waals surface area (Å²) in [5.74, 6) is -0.910. The molecule has 1 aromatic rings. The van der Waals surface area contributed by atoms with Crippen molar-refractivity contribution in [2.45, 2.75) is 18.6 Å². The smallest absolute Gasteiger partial charge is 0.309 e. The van der Waals surface area contributed by atoms with Crippen molar-refractivity contribution >= 4 is 21.9 Å². The highest BCUT2D eigenvalue weighted by molar-refractivity contribution is 7.88. The Hall–Kier alpha value is -1.97. The second-order valence-electron chi connectivity index (χ2n) is 7.02. The highest BCUT2D eigenvalue weighted by Crippen LogP contribution is 2.17. The number of carbonyl (C=O) groups is 2. The predicted molar refractivity (Wildman–Crippen MR) is 102 cm³/mol. The van der Waals surface area contributed by atoms with Gasteiger partial charge in [-0.15, -0.1) is 0 Å². The lowest BCUT2D eigenvalue weighted by atomic mass is 10.0. The average Bonchev–Trinajstić information content (AvgIpc) is 2.73. The van der Waals surface area contributed by atoms with Gasteiger partial charge in [0.2, 0.25) is 10.0 Å². The standard InChI is InChI=1S/C19H26N2O6S/c22-18(14-27-19(23)17-6-12-26-13-7-17)20-8-10-21(11-9-20)28(24,25)15-16-4-2-1-3-5-16/h1-5,17H,6-15H2. The van der Waals surface area contributed by atoms with E-state index in [1.165, 1.54) is 4.31 Å². The van der Waals surface area contributed by atoms with Gasteiger partial charge in [0.15, 0.2) is 6.61 Å². The van der Waals surface area contributed by atoms with Gasteiger partial charge >= 0.3 is 5.97 Å². The maximum Gasteiger partial charge on any atom is 0.309 e. The van der Waals surface area contributed by atoms with Gasteiger partial charge in [-0.3, -0.25) is 9.59 Å². The maximum absolute atomic E-state index is 12.6. The SMILES string of the molecule is O=C(OCC(=O)N1CCN(S(=O)(=O)Cc2ccccc2)CC1)C1CCOCC1. The quantitative estimate of drug-likeness (QED) is 0.639. The molecule has 8 nitrogen and oxygen atoms in total. The van der Waals surface area contributed by atoms with Crippen LogP contribution in [0.2, 0.25) is 0 Å². The molecule has 0 N–H and O–H groups in total. The van der Waals surface area contributed by atoms with Crippen LogP contribution in [0.3, 0.4) is 0 Å². The highest BCUT2D eigenvalue weighted by Gasteiger charge is 2.30. The largest absolute Gasteiger partial charge is 0.455 e. The Labute approximate surface area is 165 Å². The van der Waals surface area contributed by atoms with Gasteiger partial charge in [-0.1, -0.05) is 30.3 Å². The molecule has 9 heteroatoms. The molecule has 0 saturated carbocycles. The van der Waals surface area contributed by atoms with Crippen LogP contribution in [-0.4, -0.2) is 75.5 Å². The van der Waals surface area contributed by atoms with Crippen LogP contribution in [0, 0.1) is 5.92 Å². The van der Waals surface area contributed by atoms with E-state index in [1.54, 1.807) is 17.0 Å². The molecule has 1 amide bonds. The number of esters is 1. The number of sulfonamides is 1. The molecule has 0 aliphatic carbocycles. The monoisotopic (exact) mass is 410 g/mol. The van der Waals surface area contributed by atoms with E-state index >= 15 is 0 Å². The fourth-order valence-corrected chi connectivity index (χ4v) is 4.88. The molecule has 1 aromatic carbocycles. The van der Waals surface area contributed by atoms with E-state index in [-0.39, 0.29) is 43.2 Å². The van der Waals surface area contributed by atoms with Crippen LogP contribution < -0.4 is 0 Å². The number of amides is 1. The summed E-state index contributed by atoms with van der Waals surface area (Å²) < 4.78 is 36.9. The fourth-order valence-electron chi connectivity index (χ4n) is 3.37. The number of carbonyl (C=O) groups excluding carboxylic acids is 2. The summed E-state index contributed by atoms with van der Waals surface area (Å²) in [7, 11) is -3.43. The molecule has 2 heterocycles. The Morgan fingerprint density at radius 2 is 1.68 bits per heavy atom. The molecule has 0 bridgehead atoms. The number of hydrogen-bond donors (Lipinski definition) is 0. The number of rotatable bonds is 6. The van der Waals surface area contributed by atoms with E-state index in [2.05, 4.69) is 0 Å². The lowest BCUT2D eigenvalue weighted by molar-refractivity contribution is -0.158. The third-order valence-corrected chi connectivity index (χ3v) is 6.92. The van der Waals surface area contributed by atoms with Gasteiger partial charge in [-0.2, -0.15) is 4.31 Å². The van der Waals surface area contributed by atoms with E-state index < -0.39 is 10.0 Å². The Balaban J connectivity index is 1.44. The topological polar surface area (TPSA) is 93.2 Å². The van der Waals surface area contributed by atoms with Gasteiger partial charge in [0.05, 0.1) is 11.7 Å². The molecule has 0 atom stereocenters. The van der Waals surface area contributed by atoms with Crippen LogP contribution in [0.5, 0.6) is 0 Å². The lowest BCUT2D eigenvalue weighted by Gasteiger charge is -2.34. The normalized spacial score (nSPS) is 19.4. The zero-order valence-corrected chi connectivity index (χ0v) is 16.6. The zero-order chi connectivity index (χ0) is 20.0. The van der Waals surface area contributed by atoms with Gasteiger partial charge < -0.3 is 14.4 Å². The van der Waals surface area contributed by atoms with Crippen molar-refractivity contribution in [1.82, 2.24) is 9.21 Å². The van der Waals surface area contributed by atoms with Crippen molar-refractivity contribution in [3.8, 4) is 0 Å². The number of benzene rings is 1. The van der Waals surface area contributed by atoms with Gasteiger partial charge in [0, 0.05) is 39.4 Å². The molecule has 3 rings (SSSR count). The number of ether oxygens (including phenoxy) is 2. The maximum atomic E-state index is 12.6. The first-order valence-corrected chi connectivity index (χ1v) is 11.1. The van der Waals surface area contributed by atoms with E-state index in [1.807, 2.05) is 18.2 Å². The minimum Gasteiger partial charge on any atom is -0.455 e. The first kappa shape index (κ1) is 20.8. The van der Waals surface area contributed by atoms with Crippen molar-refractivity contribution in [3.05, 3.63) is 35.9 Å². The van der Waals surface area contributed by atoms with Gasteiger partial charge in [0.1, 0.15) is 0 Å². The summed E-state index contributed by atoms with van der Waals surface area (Å²) in [6, 6.07) is 9.02. The third kappa shape index (κ3) is 5.52. The lowest BCUT2D eigenvalue weighted by Crippen LogP contribution is -2.51. The Kier molecular flexibility index (Phi) is 7.03. The number of piperazine rings is 1. The van der Waals surface area contributed by atoms with Crippen LogP contribution in [0.1, 0.15) is 18.4 Å². The van der Waals surface area contributed by atoms with Crippen LogP contribution in [0.4, 0.5) is 0 Å². The van der Waals surface area contributed by atoms with E-state index in [9.17, 15) is 18.0 Å². The van der Waals surface area contributed by atoms with E-state index in [4.69, 9.17) is 9.47 Å². The molecule has 2 saturated heterocycles. The first-order chi connectivity index (χ1) is 13.5. The van der Waals surface area contributed by atoms with Gasteiger partial charge in [0.25, 0.3) is 5.91 Å². The van der Waals surface area contributed by atoms with Crippen molar-refractivity contribution in [2.24, 2.45) is 5.92 Å². The van der Waals surface area contributed by atoms with Crippen molar-refractivity contribution in [1.29, 1.82) is 0 Å². The molecule has 2 aliphatic rings. The van der Waals surface area contributed by atoms with Crippen LogP contribution >= 0.6 is 0 Å². The Morgan fingerprint density at radius 3 is 2.32 bits per heavy atom. The number of nitrogens with zero attached hydrogens (tertiary/aromatic N) is 2. The van der Waals surface area contributed by atoms with Crippen LogP contribution in [0.25, 0.3) is 0 Å². The second kappa shape index (κ2) is 9.49. The second-order valence-corrected chi connectivity index (χ2v) is 8.98. The molecule has 0 unspecified atom stereocenters. The minimum absolute atomic E-state index is 0.0511. The minimum atomic E-state index is -3.43. The third-order valence-electron chi connectivity index (χ3n) is 5.07. The van der Waals surface area contributed by atoms with Gasteiger partial charge in [-0.25, -0.2) is 8.42 Å². The van der Waals surface area contributed by atoms with E-state index in [0.717, 1.165) is 5.56 Å². The van der Waals surface area contributed by atoms with Crippen molar-refractivity contribution in [3.63, 3.8) is 0 Å². The molecule has 28 heavy (non-hydrogen) atoms. The average molecular weight is 410 g/mol. The van der Waals surface area contributed by atoms with Crippen molar-refractivity contribution in [2.75, 3.05) is 46.0 Å². The summed E-state index contributed by atoms with van der Waals surface area (Å²) in [4.78, 5) is 25.8. The van der Waals surface area contributed by atoms with Crippen LogP contribution in [0.15, 0.2) is 30.3 Å². The molecule has 2 fully saturated rings. The molecule has 0 radical (unpaired) electrons. The molecular weight excluding hydrogens is 384 g/mol. The van der Waals surface area contributed by atoms with E-state index in [0.29, 0.717) is 39.1 Å². The first-order valence-electron chi connectivity index (χ1n) is 9.49. The molecular formula is C19H26N2O6S. The highest BCUT2D eigenvalue weighted by atomic mass is 32.2. The number of hydrogen-bond acceptors (Lipinski definition) is 6. The molecule has 2 aliphatic heterocycles. The fraction of sp³-hybridized carbons (Fsp3) is 0.579. The summed E-state index contributed by atoms with van der Waals surface area (Å²) in [6.45, 7) is 1.85. The molecule has 154 valence electrons. The summed E-state index contributed by atoms with van der Waals surface area (Å²) >= 11 is 0. The molecule has 0 aromatic heterocycles. The predicted octanol–water partition coefficient (Wildman–Crippen LogP) is 0.630. The molecule has 0 spiro atoms. The summed E-state index contributed by atoms with van der Waals surface area (Å²) in [5.41, 5.74) is 0.737. The van der Waals surface area contributed by atoms with Gasteiger partial charge in [-0.05, 0) is 18.4 Å². The van der Waals surface area contributed by atoms with Crippen LogP contribution in [-0.2, 0) is 34.8 Å². The Bertz CT molecular complexity index is 769. The van der Waals surface area contributed by atoms with Crippen molar-refractivity contribution < 1.29 is 27.5 Å². The zero-order valence-electron chi connectivity index (χ0n) is 15.8.